The van der Waals surface area contributed by atoms with E-state index in [0.29, 0.717) is 12.2 Å². The molecule has 5 nitrogen and oxygen atoms in total. The van der Waals surface area contributed by atoms with Gasteiger partial charge in [-0.3, -0.25) is 0 Å². The molecule has 0 spiro atoms. The van der Waals surface area contributed by atoms with Crippen molar-refractivity contribution >= 4 is 11.2 Å². The molecular weight excluding hydrogens is 166 g/mol. The van der Waals surface area contributed by atoms with Crippen molar-refractivity contribution in [2.75, 3.05) is 6.54 Å². The number of rotatable bonds is 2. The Hall–Kier alpha value is -1.49. The van der Waals surface area contributed by atoms with Crippen LogP contribution in [0.25, 0.3) is 11.2 Å². The zero-order chi connectivity index (χ0) is 9.26. The highest BCUT2D eigenvalue weighted by atomic mass is 15.1. The maximum atomic E-state index is 5.53. The zero-order valence-corrected chi connectivity index (χ0v) is 7.36. The molecule has 68 valence electrons. The van der Waals surface area contributed by atoms with Gasteiger partial charge in [0.1, 0.15) is 5.82 Å². The van der Waals surface area contributed by atoms with Gasteiger partial charge in [-0.05, 0) is 6.07 Å². The molecule has 2 heterocycles. The van der Waals surface area contributed by atoms with Gasteiger partial charge in [0.15, 0.2) is 5.65 Å². The molecule has 1 unspecified atom stereocenters. The third-order valence-electron chi connectivity index (χ3n) is 2.01. The van der Waals surface area contributed by atoms with Crippen molar-refractivity contribution in [1.82, 2.24) is 20.2 Å². The smallest absolute Gasteiger partial charge is 0.199 e. The average molecular weight is 177 g/mol. The summed E-state index contributed by atoms with van der Waals surface area (Å²) in [6.45, 7) is 2.60. The van der Waals surface area contributed by atoms with E-state index in [-0.39, 0.29) is 5.92 Å². The Bertz CT molecular complexity index is 375. The predicted molar refractivity (Wildman–Crippen MR) is 49.2 cm³/mol. The molecule has 2 rings (SSSR count). The lowest BCUT2D eigenvalue weighted by molar-refractivity contribution is 0.727. The highest BCUT2D eigenvalue weighted by Crippen LogP contribution is 2.13. The third-order valence-corrected chi connectivity index (χ3v) is 2.01. The topological polar surface area (TPSA) is 80.5 Å². The average Bonchev–Trinajstić information content (AvgIpc) is 2.59. The van der Waals surface area contributed by atoms with Crippen LogP contribution in [0.1, 0.15) is 18.7 Å². The number of imidazole rings is 1. The monoisotopic (exact) mass is 177 g/mol. The molecule has 2 aromatic heterocycles. The zero-order valence-electron chi connectivity index (χ0n) is 7.36. The molecular formula is C8H11N5. The van der Waals surface area contributed by atoms with Gasteiger partial charge in [0.05, 0.1) is 11.7 Å². The molecule has 0 amide bonds. The van der Waals surface area contributed by atoms with Gasteiger partial charge in [-0.25, -0.2) is 4.98 Å². The Balaban J connectivity index is 2.49. The van der Waals surface area contributed by atoms with Crippen molar-refractivity contribution in [3.63, 3.8) is 0 Å². The lowest BCUT2D eigenvalue weighted by Gasteiger charge is -2.01. The second-order valence-corrected chi connectivity index (χ2v) is 3.03. The molecule has 0 bridgehead atoms. The Morgan fingerprint density at radius 2 is 2.46 bits per heavy atom. The van der Waals surface area contributed by atoms with Crippen LogP contribution < -0.4 is 5.73 Å². The van der Waals surface area contributed by atoms with E-state index in [4.69, 9.17) is 5.73 Å². The highest BCUT2D eigenvalue weighted by Gasteiger charge is 2.09. The first-order valence-corrected chi connectivity index (χ1v) is 4.18. The van der Waals surface area contributed by atoms with Gasteiger partial charge in [-0.1, -0.05) is 6.92 Å². The van der Waals surface area contributed by atoms with E-state index in [1.165, 1.54) is 0 Å². The van der Waals surface area contributed by atoms with Gasteiger partial charge in [0, 0.05) is 12.5 Å². The summed E-state index contributed by atoms with van der Waals surface area (Å²) < 4.78 is 0. The maximum absolute atomic E-state index is 5.53. The number of hydrogen-bond acceptors (Lipinski definition) is 4. The molecule has 0 saturated carbocycles. The van der Waals surface area contributed by atoms with Crippen LogP contribution in [0.5, 0.6) is 0 Å². The summed E-state index contributed by atoms with van der Waals surface area (Å²) in [5, 5.41) is 7.63. The number of nitrogens with two attached hydrogens (primary N) is 1. The molecule has 0 aromatic carbocycles. The Morgan fingerprint density at radius 1 is 1.62 bits per heavy atom. The number of aromatic amines is 1. The van der Waals surface area contributed by atoms with E-state index in [0.717, 1.165) is 11.3 Å². The van der Waals surface area contributed by atoms with Crippen molar-refractivity contribution in [2.24, 2.45) is 5.73 Å². The fourth-order valence-electron chi connectivity index (χ4n) is 1.13. The van der Waals surface area contributed by atoms with E-state index in [9.17, 15) is 0 Å². The highest BCUT2D eigenvalue weighted by molar-refractivity contribution is 5.69. The van der Waals surface area contributed by atoms with E-state index in [1.54, 1.807) is 6.20 Å². The predicted octanol–water partition coefficient (Wildman–Crippen LogP) is 0.415. The van der Waals surface area contributed by atoms with Crippen LogP contribution >= 0.6 is 0 Å². The van der Waals surface area contributed by atoms with Crippen molar-refractivity contribution in [1.29, 1.82) is 0 Å². The van der Waals surface area contributed by atoms with Gasteiger partial charge < -0.3 is 10.7 Å². The Morgan fingerprint density at radius 3 is 3.15 bits per heavy atom. The first kappa shape index (κ1) is 8.12. The minimum Gasteiger partial charge on any atom is -0.340 e. The van der Waals surface area contributed by atoms with Gasteiger partial charge in [-0.2, -0.15) is 5.10 Å². The summed E-state index contributed by atoms with van der Waals surface area (Å²) in [4.78, 5) is 7.43. The lowest BCUT2D eigenvalue weighted by atomic mass is 10.2. The molecule has 5 heteroatoms. The second-order valence-electron chi connectivity index (χ2n) is 3.03. The summed E-state index contributed by atoms with van der Waals surface area (Å²) in [7, 11) is 0. The molecule has 0 aliphatic heterocycles. The van der Waals surface area contributed by atoms with E-state index in [1.807, 2.05) is 13.0 Å². The van der Waals surface area contributed by atoms with Crippen LogP contribution in [0.3, 0.4) is 0 Å². The normalized spacial score (nSPS) is 13.4. The first-order valence-electron chi connectivity index (χ1n) is 4.18. The quantitative estimate of drug-likeness (QED) is 0.696. The van der Waals surface area contributed by atoms with Gasteiger partial charge in [0.2, 0.25) is 0 Å². The minimum atomic E-state index is 0.231. The fourth-order valence-corrected chi connectivity index (χ4v) is 1.13. The first-order chi connectivity index (χ1) is 6.31. The van der Waals surface area contributed by atoms with Crippen LogP contribution in [-0.4, -0.2) is 26.7 Å². The third kappa shape index (κ3) is 1.38. The van der Waals surface area contributed by atoms with Crippen LogP contribution in [0.15, 0.2) is 12.3 Å². The number of fused-ring (bicyclic) bond motifs is 1. The van der Waals surface area contributed by atoms with Crippen LogP contribution in [0.2, 0.25) is 0 Å². The summed E-state index contributed by atoms with van der Waals surface area (Å²) >= 11 is 0. The molecule has 0 saturated heterocycles. The summed E-state index contributed by atoms with van der Waals surface area (Å²) in [6, 6.07) is 1.85. The minimum absolute atomic E-state index is 0.231. The largest absolute Gasteiger partial charge is 0.340 e. The second kappa shape index (κ2) is 3.10. The van der Waals surface area contributed by atoms with Crippen molar-refractivity contribution in [3.8, 4) is 0 Å². The lowest BCUT2D eigenvalue weighted by Crippen LogP contribution is -2.10. The standard InChI is InChI=1S/C8H11N5/c1-5(4-9)7-11-6-2-3-10-13-8(6)12-7/h2-3,5H,4,9H2,1H3,(H,11,12,13). The van der Waals surface area contributed by atoms with E-state index >= 15 is 0 Å². The molecule has 0 radical (unpaired) electrons. The van der Waals surface area contributed by atoms with Crippen molar-refractivity contribution < 1.29 is 0 Å². The maximum Gasteiger partial charge on any atom is 0.199 e. The van der Waals surface area contributed by atoms with Crippen LogP contribution in [0.4, 0.5) is 0 Å². The number of nitrogens with one attached hydrogen (secondary N) is 1. The SMILES string of the molecule is CC(CN)c1nc2nnccc2[nH]1. The Labute approximate surface area is 75.4 Å². The molecule has 0 fully saturated rings. The molecule has 13 heavy (non-hydrogen) atoms. The van der Waals surface area contributed by atoms with E-state index < -0.39 is 0 Å². The number of aromatic nitrogens is 4. The van der Waals surface area contributed by atoms with Crippen molar-refractivity contribution in [2.45, 2.75) is 12.8 Å². The molecule has 2 aromatic rings. The molecule has 0 aliphatic carbocycles. The summed E-state index contributed by atoms with van der Waals surface area (Å²) in [5.41, 5.74) is 7.09. The summed E-state index contributed by atoms with van der Waals surface area (Å²) in [5.74, 6) is 1.10. The van der Waals surface area contributed by atoms with Gasteiger partial charge >= 0.3 is 0 Å². The van der Waals surface area contributed by atoms with Gasteiger partial charge in [-0.15, -0.1) is 5.10 Å². The van der Waals surface area contributed by atoms with Gasteiger partial charge in [0.25, 0.3) is 0 Å². The summed E-state index contributed by atoms with van der Waals surface area (Å²) in [6.07, 6.45) is 1.64. The van der Waals surface area contributed by atoms with Crippen LogP contribution in [0, 0.1) is 0 Å². The van der Waals surface area contributed by atoms with Crippen LogP contribution in [-0.2, 0) is 0 Å². The molecule has 3 N–H and O–H groups in total. The number of nitrogens with zero attached hydrogens (tertiary/aromatic N) is 3. The van der Waals surface area contributed by atoms with Crippen molar-refractivity contribution in [3.05, 3.63) is 18.1 Å². The fraction of sp³-hybridized carbons (Fsp3) is 0.375. The Kier molecular flexibility index (Phi) is 1.94. The number of H-pyrrole nitrogens is 1. The molecule has 1 atom stereocenters. The van der Waals surface area contributed by atoms with E-state index in [2.05, 4.69) is 20.2 Å². The molecule has 0 aliphatic rings. The number of hydrogen-bond donors (Lipinski definition) is 2.